The number of hydrogen-bond acceptors (Lipinski definition) is 4. The lowest BCUT2D eigenvalue weighted by Crippen LogP contribution is -2.34. The Morgan fingerprint density at radius 2 is 1.96 bits per heavy atom. The molecule has 124 valence electrons. The monoisotopic (exact) mass is 340 g/mol. The molecule has 1 amide bonds. The number of nitrogens with zero attached hydrogens (tertiary/aromatic N) is 1. The number of carbonyl (C=O) groups excluding carboxylic acids is 1. The Bertz CT molecular complexity index is 742. The van der Waals surface area contributed by atoms with Gasteiger partial charge in [0, 0.05) is 13.0 Å². The van der Waals surface area contributed by atoms with Crippen molar-refractivity contribution in [1.29, 1.82) is 0 Å². The fraction of sp³-hybridized carbons (Fsp3) is 0.267. The second-order valence-electron chi connectivity index (χ2n) is 4.92. The Hall–Kier alpha value is -2.35. The van der Waals surface area contributed by atoms with Crippen molar-refractivity contribution in [1.82, 2.24) is 5.32 Å². The molecule has 0 bridgehead atoms. The van der Waals surface area contributed by atoms with E-state index in [4.69, 9.17) is 4.42 Å². The molecule has 0 aliphatic rings. The van der Waals surface area contributed by atoms with E-state index in [1.807, 2.05) is 0 Å². The molecule has 1 aromatic heterocycles. The van der Waals surface area contributed by atoms with Crippen LogP contribution < -0.4 is 9.62 Å². The van der Waals surface area contributed by atoms with Crippen LogP contribution in [0.4, 0.5) is 10.1 Å². The van der Waals surface area contributed by atoms with Gasteiger partial charge in [-0.2, -0.15) is 0 Å². The van der Waals surface area contributed by atoms with Gasteiger partial charge in [0.2, 0.25) is 15.9 Å². The number of nitrogens with one attached hydrogen (secondary N) is 1. The van der Waals surface area contributed by atoms with Crippen LogP contribution in [0.1, 0.15) is 12.2 Å². The zero-order valence-corrected chi connectivity index (χ0v) is 13.3. The van der Waals surface area contributed by atoms with Gasteiger partial charge >= 0.3 is 0 Å². The number of hydrogen-bond donors (Lipinski definition) is 1. The van der Waals surface area contributed by atoms with E-state index in [1.54, 1.807) is 12.1 Å². The third-order valence-corrected chi connectivity index (χ3v) is 4.29. The Morgan fingerprint density at radius 3 is 2.52 bits per heavy atom. The first-order valence-corrected chi connectivity index (χ1v) is 8.73. The van der Waals surface area contributed by atoms with Crippen LogP contribution in [0.2, 0.25) is 0 Å². The van der Waals surface area contributed by atoms with Gasteiger partial charge in [-0.3, -0.25) is 9.10 Å². The molecule has 0 radical (unpaired) electrons. The van der Waals surface area contributed by atoms with Crippen LogP contribution in [-0.4, -0.2) is 27.1 Å². The molecule has 2 aromatic rings. The minimum atomic E-state index is -3.57. The SMILES string of the molecule is CS(=O)(=O)N(CCC(=O)NCc1ccco1)c1ccc(F)cc1. The summed E-state index contributed by atoms with van der Waals surface area (Å²) in [7, 11) is -3.57. The summed E-state index contributed by atoms with van der Waals surface area (Å²) in [5, 5.41) is 2.64. The fourth-order valence-electron chi connectivity index (χ4n) is 1.98. The van der Waals surface area contributed by atoms with E-state index >= 15 is 0 Å². The zero-order valence-electron chi connectivity index (χ0n) is 12.5. The highest BCUT2D eigenvalue weighted by Crippen LogP contribution is 2.18. The molecule has 0 saturated heterocycles. The van der Waals surface area contributed by atoms with E-state index in [-0.39, 0.29) is 25.4 Å². The van der Waals surface area contributed by atoms with Crippen LogP contribution in [0.25, 0.3) is 0 Å². The average Bonchev–Trinajstić information content (AvgIpc) is 2.99. The Labute approximate surface area is 134 Å². The smallest absolute Gasteiger partial charge is 0.232 e. The molecule has 0 aliphatic carbocycles. The van der Waals surface area contributed by atoms with Crippen LogP contribution in [0.3, 0.4) is 0 Å². The van der Waals surface area contributed by atoms with E-state index in [9.17, 15) is 17.6 Å². The van der Waals surface area contributed by atoms with E-state index in [2.05, 4.69) is 5.32 Å². The molecule has 1 N–H and O–H groups in total. The van der Waals surface area contributed by atoms with Crippen molar-refractivity contribution in [3.63, 3.8) is 0 Å². The van der Waals surface area contributed by atoms with E-state index < -0.39 is 15.8 Å². The Morgan fingerprint density at radius 1 is 1.26 bits per heavy atom. The van der Waals surface area contributed by atoms with Gasteiger partial charge in [0.05, 0.1) is 24.8 Å². The first-order chi connectivity index (χ1) is 10.9. The Balaban J connectivity index is 1.96. The molecule has 0 spiro atoms. The van der Waals surface area contributed by atoms with Crippen LogP contribution >= 0.6 is 0 Å². The predicted molar refractivity (Wildman–Crippen MR) is 83.8 cm³/mol. The van der Waals surface area contributed by atoms with Gasteiger partial charge in [0.25, 0.3) is 0 Å². The normalized spacial score (nSPS) is 11.2. The van der Waals surface area contributed by atoms with Gasteiger partial charge in [-0.05, 0) is 36.4 Å². The standard InChI is InChI=1S/C15H17FN2O4S/c1-23(20,21)18(13-6-4-12(16)5-7-13)9-8-15(19)17-11-14-3-2-10-22-14/h2-7,10H,8-9,11H2,1H3,(H,17,19). The quantitative estimate of drug-likeness (QED) is 0.835. The molecule has 1 heterocycles. The third-order valence-electron chi connectivity index (χ3n) is 3.10. The van der Waals surface area contributed by atoms with Crippen molar-refractivity contribution >= 4 is 21.6 Å². The highest BCUT2D eigenvalue weighted by atomic mass is 32.2. The molecule has 23 heavy (non-hydrogen) atoms. The van der Waals surface area contributed by atoms with Crippen molar-refractivity contribution in [2.45, 2.75) is 13.0 Å². The molecule has 0 saturated carbocycles. The summed E-state index contributed by atoms with van der Waals surface area (Å²) in [4.78, 5) is 11.8. The second-order valence-corrected chi connectivity index (χ2v) is 6.82. The first kappa shape index (κ1) is 17.0. The van der Waals surface area contributed by atoms with Crippen LogP contribution in [0.5, 0.6) is 0 Å². The molecule has 0 fully saturated rings. The van der Waals surface area contributed by atoms with Crippen LogP contribution in [0, 0.1) is 5.82 Å². The maximum Gasteiger partial charge on any atom is 0.232 e. The largest absolute Gasteiger partial charge is 0.467 e. The summed E-state index contributed by atoms with van der Waals surface area (Å²) in [5.41, 5.74) is 0.313. The highest BCUT2D eigenvalue weighted by molar-refractivity contribution is 7.92. The van der Waals surface area contributed by atoms with Crippen molar-refractivity contribution < 1.29 is 22.0 Å². The molecular formula is C15H17FN2O4S. The molecule has 1 aromatic carbocycles. The fourth-order valence-corrected chi connectivity index (χ4v) is 2.91. The number of amides is 1. The molecule has 0 atom stereocenters. The van der Waals surface area contributed by atoms with Crippen molar-refractivity contribution in [2.75, 3.05) is 17.1 Å². The average molecular weight is 340 g/mol. The number of carbonyl (C=O) groups is 1. The minimum absolute atomic E-state index is 0.0227. The maximum atomic E-state index is 13.0. The molecule has 0 unspecified atom stereocenters. The summed E-state index contributed by atoms with van der Waals surface area (Å²) >= 11 is 0. The van der Waals surface area contributed by atoms with Gasteiger partial charge in [0.1, 0.15) is 11.6 Å². The number of sulfonamides is 1. The van der Waals surface area contributed by atoms with E-state index in [0.717, 1.165) is 10.6 Å². The lowest BCUT2D eigenvalue weighted by atomic mass is 10.3. The lowest BCUT2D eigenvalue weighted by Gasteiger charge is -2.22. The minimum Gasteiger partial charge on any atom is -0.467 e. The molecule has 2 rings (SSSR count). The summed E-state index contributed by atoms with van der Waals surface area (Å²) in [6, 6.07) is 8.49. The van der Waals surface area contributed by atoms with Gasteiger partial charge in [-0.25, -0.2) is 12.8 Å². The highest BCUT2D eigenvalue weighted by Gasteiger charge is 2.18. The summed E-state index contributed by atoms with van der Waals surface area (Å²) < 4.78 is 42.8. The van der Waals surface area contributed by atoms with Crippen LogP contribution in [0.15, 0.2) is 47.1 Å². The number of furan rings is 1. The van der Waals surface area contributed by atoms with Gasteiger partial charge < -0.3 is 9.73 Å². The lowest BCUT2D eigenvalue weighted by molar-refractivity contribution is -0.121. The molecule has 6 nitrogen and oxygen atoms in total. The maximum absolute atomic E-state index is 13.0. The van der Waals surface area contributed by atoms with Gasteiger partial charge in [0.15, 0.2) is 0 Å². The Kier molecular flexibility index (Phi) is 5.38. The van der Waals surface area contributed by atoms with Crippen molar-refractivity contribution in [2.24, 2.45) is 0 Å². The molecule has 8 heteroatoms. The summed E-state index contributed by atoms with van der Waals surface area (Å²) in [6.07, 6.45) is 2.52. The third kappa shape index (κ3) is 5.10. The van der Waals surface area contributed by atoms with Crippen molar-refractivity contribution in [3.8, 4) is 0 Å². The second kappa shape index (κ2) is 7.28. The number of halogens is 1. The predicted octanol–water partition coefficient (Wildman–Crippen LogP) is 1.89. The van der Waals surface area contributed by atoms with E-state index in [1.165, 1.54) is 30.5 Å². The number of benzene rings is 1. The first-order valence-electron chi connectivity index (χ1n) is 6.88. The topological polar surface area (TPSA) is 79.6 Å². The van der Waals surface area contributed by atoms with Gasteiger partial charge in [-0.1, -0.05) is 0 Å². The van der Waals surface area contributed by atoms with E-state index in [0.29, 0.717) is 11.4 Å². The number of anilines is 1. The van der Waals surface area contributed by atoms with Crippen LogP contribution in [-0.2, 0) is 21.4 Å². The summed E-state index contributed by atoms with van der Waals surface area (Å²) in [5.74, 6) is -0.160. The zero-order chi connectivity index (χ0) is 16.9. The van der Waals surface area contributed by atoms with Gasteiger partial charge in [-0.15, -0.1) is 0 Å². The molecule has 0 aliphatic heterocycles. The van der Waals surface area contributed by atoms with Crippen molar-refractivity contribution in [3.05, 3.63) is 54.2 Å². The molecular weight excluding hydrogens is 323 g/mol. The number of rotatable bonds is 7. The summed E-state index contributed by atoms with van der Waals surface area (Å²) in [6.45, 7) is 0.204.